The van der Waals surface area contributed by atoms with Crippen molar-refractivity contribution in [3.8, 4) is 0 Å². The lowest BCUT2D eigenvalue weighted by Gasteiger charge is -1.99. The first-order valence-corrected chi connectivity index (χ1v) is 4.16. The summed E-state index contributed by atoms with van der Waals surface area (Å²) in [5, 5.41) is 0.856. The first kappa shape index (κ1) is 8.75. The Hall–Kier alpha value is -0.340. The maximum absolute atomic E-state index is 5.74. The van der Waals surface area contributed by atoms with Gasteiger partial charge in [-0.05, 0) is 6.42 Å². The zero-order valence-electron chi connectivity index (χ0n) is 6.14. The van der Waals surface area contributed by atoms with Gasteiger partial charge in [0.2, 0.25) is 0 Å². The van der Waals surface area contributed by atoms with E-state index in [4.69, 9.17) is 23.2 Å². The van der Waals surface area contributed by atoms with Crippen LogP contribution in [0.5, 0.6) is 0 Å². The van der Waals surface area contributed by atoms with Crippen molar-refractivity contribution in [1.29, 1.82) is 0 Å². The van der Waals surface area contributed by atoms with Gasteiger partial charge in [0.1, 0.15) is 5.15 Å². The van der Waals surface area contributed by atoms with Crippen molar-refractivity contribution in [2.24, 2.45) is 0 Å². The van der Waals surface area contributed by atoms with E-state index in [0.29, 0.717) is 10.3 Å². The number of aryl methyl sites for hydroxylation is 1. The van der Waals surface area contributed by atoms with Crippen LogP contribution in [0.3, 0.4) is 0 Å². The van der Waals surface area contributed by atoms with Crippen LogP contribution in [-0.2, 0) is 6.42 Å². The molecule has 0 aliphatic carbocycles. The molecule has 1 aromatic rings. The predicted octanol–water partition coefficient (Wildman–Crippen LogP) is 2.74. The highest BCUT2D eigenvalue weighted by Gasteiger charge is 2.02. The zero-order chi connectivity index (χ0) is 8.27. The average Bonchev–Trinajstić information content (AvgIpc) is 1.98. The van der Waals surface area contributed by atoms with Crippen LogP contribution in [0.1, 0.15) is 19.0 Å². The van der Waals surface area contributed by atoms with Gasteiger partial charge in [0, 0.05) is 0 Å². The van der Waals surface area contributed by atoms with E-state index in [-0.39, 0.29) is 0 Å². The molecule has 0 saturated heterocycles. The Morgan fingerprint density at radius 1 is 1.45 bits per heavy atom. The second-order valence-electron chi connectivity index (χ2n) is 2.18. The highest BCUT2D eigenvalue weighted by molar-refractivity contribution is 6.31. The van der Waals surface area contributed by atoms with Gasteiger partial charge in [0.05, 0.1) is 11.9 Å². The van der Waals surface area contributed by atoms with E-state index in [1.807, 2.05) is 0 Å². The van der Waals surface area contributed by atoms with Crippen LogP contribution in [0.15, 0.2) is 6.20 Å². The Bertz CT molecular complexity index is 250. The fourth-order valence-electron chi connectivity index (χ4n) is 0.784. The van der Waals surface area contributed by atoms with Crippen molar-refractivity contribution < 1.29 is 0 Å². The molecule has 4 heteroatoms. The summed E-state index contributed by atoms with van der Waals surface area (Å²) in [6.07, 6.45) is 3.27. The van der Waals surface area contributed by atoms with Gasteiger partial charge in [-0.3, -0.25) is 0 Å². The molecular weight excluding hydrogens is 183 g/mol. The van der Waals surface area contributed by atoms with Gasteiger partial charge in [0.25, 0.3) is 0 Å². The third-order valence-corrected chi connectivity index (χ3v) is 1.75. The largest absolute Gasteiger partial charge is 0.239 e. The van der Waals surface area contributed by atoms with Crippen LogP contribution in [0, 0.1) is 0 Å². The van der Waals surface area contributed by atoms with Crippen LogP contribution in [0.4, 0.5) is 0 Å². The molecule has 0 bridgehead atoms. The minimum atomic E-state index is 0.401. The smallest absolute Gasteiger partial charge is 0.150 e. The molecule has 0 aliphatic rings. The van der Waals surface area contributed by atoms with E-state index >= 15 is 0 Å². The van der Waals surface area contributed by atoms with E-state index in [2.05, 4.69) is 16.9 Å². The molecule has 0 radical (unpaired) electrons. The number of rotatable bonds is 2. The monoisotopic (exact) mass is 190 g/mol. The topological polar surface area (TPSA) is 25.8 Å². The van der Waals surface area contributed by atoms with Gasteiger partial charge in [-0.25, -0.2) is 9.97 Å². The second-order valence-corrected chi connectivity index (χ2v) is 2.93. The summed E-state index contributed by atoms with van der Waals surface area (Å²) < 4.78 is 0. The van der Waals surface area contributed by atoms with Crippen LogP contribution in [-0.4, -0.2) is 9.97 Å². The summed E-state index contributed by atoms with van der Waals surface area (Å²) in [7, 11) is 0. The molecule has 0 fully saturated rings. The Labute approximate surface area is 75.6 Å². The molecule has 0 atom stereocenters. The van der Waals surface area contributed by atoms with E-state index in [1.54, 1.807) is 0 Å². The lowest BCUT2D eigenvalue weighted by Crippen LogP contribution is -1.93. The Balaban J connectivity index is 2.93. The van der Waals surface area contributed by atoms with Crippen molar-refractivity contribution in [2.45, 2.75) is 19.8 Å². The Morgan fingerprint density at radius 2 is 2.18 bits per heavy atom. The summed E-state index contributed by atoms with van der Waals surface area (Å²) in [6.45, 7) is 2.05. The fraction of sp³-hybridized carbons (Fsp3) is 0.429. The maximum Gasteiger partial charge on any atom is 0.150 e. The molecule has 0 aromatic carbocycles. The molecule has 2 nitrogen and oxygen atoms in total. The summed E-state index contributed by atoms with van der Waals surface area (Å²) in [5.41, 5.74) is 0.779. The molecule has 0 amide bonds. The summed E-state index contributed by atoms with van der Waals surface area (Å²) in [4.78, 5) is 7.90. The summed E-state index contributed by atoms with van der Waals surface area (Å²) in [6, 6.07) is 0. The van der Waals surface area contributed by atoms with Crippen molar-refractivity contribution >= 4 is 23.2 Å². The number of hydrogen-bond acceptors (Lipinski definition) is 2. The first-order chi connectivity index (χ1) is 5.24. The van der Waals surface area contributed by atoms with Gasteiger partial charge in [-0.15, -0.1) is 0 Å². The first-order valence-electron chi connectivity index (χ1n) is 3.41. The molecule has 0 unspecified atom stereocenters. The lowest BCUT2D eigenvalue weighted by molar-refractivity contribution is 0.871. The standard InChI is InChI=1S/C7H8Cl2N2/c1-2-3-5-7(9)10-4-6(8)11-5/h4H,2-3H2,1H3. The minimum Gasteiger partial charge on any atom is -0.239 e. The second kappa shape index (κ2) is 3.88. The lowest BCUT2D eigenvalue weighted by atomic mass is 10.3. The molecule has 60 valence electrons. The molecular formula is C7H8Cl2N2. The molecule has 1 rings (SSSR count). The number of aromatic nitrogens is 2. The zero-order valence-corrected chi connectivity index (χ0v) is 7.65. The van der Waals surface area contributed by atoms with E-state index in [9.17, 15) is 0 Å². The predicted molar refractivity (Wildman–Crippen MR) is 46.0 cm³/mol. The van der Waals surface area contributed by atoms with Gasteiger partial charge in [0.15, 0.2) is 5.15 Å². The van der Waals surface area contributed by atoms with Crippen molar-refractivity contribution in [3.63, 3.8) is 0 Å². The molecule has 0 spiro atoms. The normalized spacial score (nSPS) is 10.1. The third-order valence-electron chi connectivity index (χ3n) is 1.25. The SMILES string of the molecule is CCCc1nc(Cl)cnc1Cl. The fourth-order valence-corrected chi connectivity index (χ4v) is 1.12. The van der Waals surface area contributed by atoms with Gasteiger partial charge in [-0.2, -0.15) is 0 Å². The molecule has 0 aliphatic heterocycles. The quantitative estimate of drug-likeness (QED) is 0.718. The highest BCUT2D eigenvalue weighted by Crippen LogP contribution is 2.14. The van der Waals surface area contributed by atoms with Crippen molar-refractivity contribution in [2.75, 3.05) is 0 Å². The van der Waals surface area contributed by atoms with Gasteiger partial charge < -0.3 is 0 Å². The molecule has 1 heterocycles. The summed E-state index contributed by atoms with van der Waals surface area (Å²) in [5.74, 6) is 0. The van der Waals surface area contributed by atoms with Crippen LogP contribution >= 0.6 is 23.2 Å². The maximum atomic E-state index is 5.74. The number of hydrogen-bond donors (Lipinski definition) is 0. The van der Waals surface area contributed by atoms with Crippen LogP contribution in [0.2, 0.25) is 10.3 Å². The molecule has 0 N–H and O–H groups in total. The number of nitrogens with zero attached hydrogens (tertiary/aromatic N) is 2. The van der Waals surface area contributed by atoms with Crippen molar-refractivity contribution in [3.05, 3.63) is 22.2 Å². The molecule has 11 heavy (non-hydrogen) atoms. The van der Waals surface area contributed by atoms with E-state index in [0.717, 1.165) is 18.5 Å². The van der Waals surface area contributed by atoms with Crippen molar-refractivity contribution in [1.82, 2.24) is 9.97 Å². The van der Waals surface area contributed by atoms with E-state index in [1.165, 1.54) is 6.20 Å². The Morgan fingerprint density at radius 3 is 2.82 bits per heavy atom. The van der Waals surface area contributed by atoms with E-state index < -0.39 is 0 Å². The highest BCUT2D eigenvalue weighted by atomic mass is 35.5. The molecule has 1 aromatic heterocycles. The van der Waals surface area contributed by atoms with Crippen LogP contribution < -0.4 is 0 Å². The van der Waals surface area contributed by atoms with Gasteiger partial charge >= 0.3 is 0 Å². The molecule has 0 saturated carbocycles. The number of halogens is 2. The van der Waals surface area contributed by atoms with Gasteiger partial charge in [-0.1, -0.05) is 36.5 Å². The third kappa shape index (κ3) is 2.31. The van der Waals surface area contributed by atoms with Crippen LogP contribution in [0.25, 0.3) is 0 Å². The Kier molecular flexibility index (Phi) is 3.09. The summed E-state index contributed by atoms with van der Waals surface area (Å²) >= 11 is 11.4. The average molecular weight is 191 g/mol. The minimum absolute atomic E-state index is 0.401.